The van der Waals surface area contributed by atoms with Crippen LogP contribution in [0, 0.1) is 0 Å². The number of hydrogen-bond donors (Lipinski definition) is 2. The van der Waals surface area contributed by atoms with Crippen molar-refractivity contribution in [2.75, 3.05) is 0 Å². The van der Waals surface area contributed by atoms with E-state index >= 15 is 0 Å². The molecule has 0 fully saturated rings. The largest absolute Gasteiger partial charge is 0.540 e. The van der Waals surface area contributed by atoms with E-state index in [1.54, 1.807) is 42.5 Å². The molecule has 0 saturated carbocycles. The number of ether oxygens (including phenoxy) is 1. The van der Waals surface area contributed by atoms with Gasteiger partial charge in [0.25, 0.3) is 0 Å². The summed E-state index contributed by atoms with van der Waals surface area (Å²) in [7, 11) is 0. The van der Waals surface area contributed by atoms with E-state index in [1.807, 2.05) is 12.1 Å². The molecule has 0 saturated heterocycles. The van der Waals surface area contributed by atoms with Crippen LogP contribution in [-0.2, 0) is 11.4 Å². The van der Waals surface area contributed by atoms with Crippen molar-refractivity contribution in [1.82, 2.24) is 0 Å². The number of rotatable bonds is 4. The summed E-state index contributed by atoms with van der Waals surface area (Å²) in [5.74, 6) is 0.437. The second-order valence-corrected chi connectivity index (χ2v) is 4.13. The van der Waals surface area contributed by atoms with Gasteiger partial charge in [-0.25, -0.2) is 4.79 Å². The number of carbonyl (C=O) groups excluding carboxylic acids is 1. The molecule has 21 heavy (non-hydrogen) atoms. The van der Waals surface area contributed by atoms with Crippen molar-refractivity contribution in [2.45, 2.75) is 6.54 Å². The highest BCUT2D eigenvalue weighted by Crippen LogP contribution is 2.09. The molecule has 0 unspecified atom stereocenters. The van der Waals surface area contributed by atoms with Gasteiger partial charge in [-0.2, -0.15) is 0 Å². The van der Waals surface area contributed by atoms with Crippen LogP contribution in [0.2, 0.25) is 0 Å². The Labute approximate surface area is 122 Å². The van der Waals surface area contributed by atoms with E-state index in [2.05, 4.69) is 9.99 Å². The second kappa shape index (κ2) is 7.06. The Balaban J connectivity index is 1.94. The van der Waals surface area contributed by atoms with Crippen LogP contribution in [0.15, 0.2) is 59.8 Å². The van der Waals surface area contributed by atoms with Crippen LogP contribution in [0.1, 0.15) is 11.1 Å². The molecule has 2 rings (SSSR count). The van der Waals surface area contributed by atoms with Gasteiger partial charge in [0.1, 0.15) is 5.75 Å². The Hall–Kier alpha value is -2.86. The molecule has 6 heteroatoms. The minimum atomic E-state index is -0.956. The lowest BCUT2D eigenvalue weighted by molar-refractivity contribution is 0.102. The van der Waals surface area contributed by atoms with Crippen LogP contribution < -0.4 is 16.2 Å². The maximum atomic E-state index is 11.4. The number of nitrogens with two attached hydrogens (primary N) is 2. The highest BCUT2D eigenvalue weighted by atomic mass is 16.8. The molecule has 2 aromatic rings. The van der Waals surface area contributed by atoms with E-state index in [9.17, 15) is 4.79 Å². The molecule has 2 aromatic carbocycles. The lowest BCUT2D eigenvalue weighted by atomic mass is 10.1. The van der Waals surface area contributed by atoms with Crippen molar-refractivity contribution >= 4 is 12.0 Å². The molecule has 108 valence electrons. The summed E-state index contributed by atoms with van der Waals surface area (Å²) in [6, 6.07) is 15.7. The van der Waals surface area contributed by atoms with Crippen molar-refractivity contribution in [3.05, 3.63) is 65.7 Å². The summed E-state index contributed by atoms with van der Waals surface area (Å²) in [5, 5.41) is 3.53. The quantitative estimate of drug-likeness (QED) is 0.223. The van der Waals surface area contributed by atoms with E-state index in [-0.39, 0.29) is 5.84 Å². The van der Waals surface area contributed by atoms with Crippen molar-refractivity contribution in [2.24, 2.45) is 16.6 Å². The fraction of sp³-hybridized carbons (Fsp3) is 0.0667. The maximum Gasteiger partial charge on any atom is 0.540 e. The second-order valence-electron chi connectivity index (χ2n) is 4.13. The van der Waals surface area contributed by atoms with Crippen molar-refractivity contribution in [3.8, 4) is 5.75 Å². The number of nitrogens with zero attached hydrogens (tertiary/aromatic N) is 1. The third-order valence-corrected chi connectivity index (χ3v) is 2.65. The molecule has 6 nitrogen and oxygen atoms in total. The molecule has 0 aliphatic carbocycles. The van der Waals surface area contributed by atoms with Gasteiger partial charge in [-0.3, -0.25) is 4.84 Å². The first-order valence-electron chi connectivity index (χ1n) is 6.26. The van der Waals surface area contributed by atoms with Crippen LogP contribution in [0.25, 0.3) is 0 Å². The Morgan fingerprint density at radius 1 is 1.05 bits per heavy atom. The minimum absolute atomic E-state index is 0.0728. The van der Waals surface area contributed by atoms with E-state index in [4.69, 9.17) is 16.2 Å². The van der Waals surface area contributed by atoms with Gasteiger partial charge in [0.05, 0.1) is 0 Å². The molecule has 0 aliphatic rings. The normalized spacial score (nSPS) is 11.0. The monoisotopic (exact) mass is 285 g/mol. The van der Waals surface area contributed by atoms with E-state index in [0.717, 1.165) is 5.56 Å². The molecule has 0 aliphatic heterocycles. The number of para-hydroxylation sites is 1. The van der Waals surface area contributed by atoms with Gasteiger partial charge < -0.3 is 16.2 Å². The molecule has 4 N–H and O–H groups in total. The summed E-state index contributed by atoms with van der Waals surface area (Å²) in [6.07, 6.45) is -0.956. The lowest BCUT2D eigenvalue weighted by Crippen LogP contribution is -2.16. The summed E-state index contributed by atoms with van der Waals surface area (Å²) in [5.41, 5.74) is 12.8. The van der Waals surface area contributed by atoms with Crippen LogP contribution in [-0.4, -0.2) is 12.0 Å². The average molecular weight is 285 g/mol. The predicted octanol–water partition coefficient (Wildman–Crippen LogP) is 1.98. The Morgan fingerprint density at radius 3 is 2.33 bits per heavy atom. The summed E-state index contributed by atoms with van der Waals surface area (Å²) >= 11 is 0. The number of amidine groups is 1. The summed E-state index contributed by atoms with van der Waals surface area (Å²) < 4.78 is 4.90. The van der Waals surface area contributed by atoms with Crippen LogP contribution >= 0.6 is 0 Å². The molecule has 0 spiro atoms. The van der Waals surface area contributed by atoms with Crippen LogP contribution in [0.3, 0.4) is 0 Å². The molecule has 0 atom stereocenters. The Kier molecular flexibility index (Phi) is 4.89. The Bertz CT molecular complexity index is 624. The van der Waals surface area contributed by atoms with Gasteiger partial charge in [0.15, 0.2) is 5.84 Å². The zero-order valence-corrected chi connectivity index (χ0v) is 11.2. The van der Waals surface area contributed by atoms with Gasteiger partial charge in [-0.05, 0) is 17.7 Å². The first kappa shape index (κ1) is 14.5. The third-order valence-electron chi connectivity index (χ3n) is 2.65. The molecule has 0 aromatic heterocycles. The van der Waals surface area contributed by atoms with Gasteiger partial charge in [-0.15, -0.1) is 0 Å². The fourth-order valence-electron chi connectivity index (χ4n) is 1.55. The first-order chi connectivity index (χ1) is 10.2. The van der Waals surface area contributed by atoms with Gasteiger partial charge in [0, 0.05) is 12.1 Å². The number of benzene rings is 2. The van der Waals surface area contributed by atoms with Crippen molar-refractivity contribution < 1.29 is 14.4 Å². The highest BCUT2D eigenvalue weighted by molar-refractivity contribution is 5.97. The summed E-state index contributed by atoms with van der Waals surface area (Å²) in [4.78, 5) is 16.0. The predicted molar refractivity (Wildman–Crippen MR) is 78.6 cm³/mol. The highest BCUT2D eigenvalue weighted by Gasteiger charge is 2.06. The smallest absolute Gasteiger partial charge is 0.393 e. The van der Waals surface area contributed by atoms with Crippen LogP contribution in [0.5, 0.6) is 5.75 Å². The van der Waals surface area contributed by atoms with E-state index in [1.165, 1.54) is 0 Å². The topological polar surface area (TPSA) is 99.9 Å². The fourth-order valence-corrected chi connectivity index (χ4v) is 1.55. The standard InChI is InChI=1S/C15H15N3O3/c16-10-11-6-8-12(9-7-11)14(17)18-21-15(19)20-13-4-2-1-3-5-13/h1-9H,10,16H2,(H2,17,18). The Morgan fingerprint density at radius 2 is 1.71 bits per heavy atom. The first-order valence-corrected chi connectivity index (χ1v) is 6.26. The zero-order valence-electron chi connectivity index (χ0n) is 11.2. The lowest BCUT2D eigenvalue weighted by Gasteiger charge is -2.03. The minimum Gasteiger partial charge on any atom is -0.393 e. The maximum absolute atomic E-state index is 11.4. The van der Waals surface area contributed by atoms with Gasteiger partial charge in [-0.1, -0.05) is 47.6 Å². The number of hydrogen-bond acceptors (Lipinski definition) is 5. The van der Waals surface area contributed by atoms with E-state index in [0.29, 0.717) is 17.9 Å². The number of oxime groups is 1. The molecule has 0 bridgehead atoms. The number of carbonyl (C=O) groups is 1. The average Bonchev–Trinajstić information content (AvgIpc) is 2.53. The van der Waals surface area contributed by atoms with Crippen molar-refractivity contribution in [3.63, 3.8) is 0 Å². The SMILES string of the molecule is NCc1ccc(C(N)=NOC(=O)Oc2ccccc2)cc1. The molecule has 0 radical (unpaired) electrons. The van der Waals surface area contributed by atoms with Gasteiger partial charge >= 0.3 is 6.16 Å². The van der Waals surface area contributed by atoms with Crippen LogP contribution in [0.4, 0.5) is 4.79 Å². The van der Waals surface area contributed by atoms with Gasteiger partial charge in [0.2, 0.25) is 0 Å². The molecular weight excluding hydrogens is 270 g/mol. The third kappa shape index (κ3) is 4.32. The van der Waals surface area contributed by atoms with Crippen molar-refractivity contribution in [1.29, 1.82) is 0 Å². The molecular formula is C15H15N3O3. The van der Waals surface area contributed by atoms with E-state index < -0.39 is 6.16 Å². The summed E-state index contributed by atoms with van der Waals surface area (Å²) in [6.45, 7) is 0.442. The zero-order chi connectivity index (χ0) is 15.1. The molecule has 0 amide bonds. The molecule has 0 heterocycles.